The second kappa shape index (κ2) is 6.68. The zero-order valence-corrected chi connectivity index (χ0v) is 16.1. The molecule has 0 aromatic carbocycles. The Hall–Kier alpha value is -2.90. The van der Waals surface area contributed by atoms with Crippen LogP contribution in [0.25, 0.3) is 5.82 Å². The van der Waals surface area contributed by atoms with E-state index in [1.165, 1.54) is 4.90 Å². The van der Waals surface area contributed by atoms with E-state index in [-0.39, 0.29) is 18.0 Å². The number of nitrogens with one attached hydrogen (secondary N) is 1. The van der Waals surface area contributed by atoms with Crippen molar-refractivity contribution in [2.45, 2.75) is 39.5 Å². The number of carboxylic acids is 1. The lowest BCUT2D eigenvalue weighted by Crippen LogP contribution is -2.37. The molecule has 0 spiro atoms. The molecule has 1 unspecified atom stereocenters. The summed E-state index contributed by atoms with van der Waals surface area (Å²) in [5.41, 5.74) is -0.287. The lowest BCUT2D eigenvalue weighted by atomic mass is 9.90. The predicted octanol–water partition coefficient (Wildman–Crippen LogP) is 2.89. The van der Waals surface area contributed by atoms with Crippen molar-refractivity contribution >= 4 is 17.8 Å². The second-order valence-electron chi connectivity index (χ2n) is 8.23. The van der Waals surface area contributed by atoms with Crippen molar-refractivity contribution in [3.63, 3.8) is 0 Å². The van der Waals surface area contributed by atoms with Gasteiger partial charge in [-0.15, -0.1) is 0 Å². The van der Waals surface area contributed by atoms with Gasteiger partial charge in [-0.2, -0.15) is 9.78 Å². The number of nitrogens with zero attached hydrogens (tertiary/aromatic N) is 4. The molecule has 2 aromatic heterocycles. The number of carboxylic acid groups (broad SMARTS) is 1. The molecule has 8 heteroatoms. The van der Waals surface area contributed by atoms with Crippen LogP contribution in [-0.2, 0) is 10.2 Å². The van der Waals surface area contributed by atoms with Crippen molar-refractivity contribution in [1.82, 2.24) is 19.7 Å². The summed E-state index contributed by atoms with van der Waals surface area (Å²) in [6.07, 6.45) is 2.10. The Labute approximate surface area is 158 Å². The van der Waals surface area contributed by atoms with E-state index in [4.69, 9.17) is 0 Å². The van der Waals surface area contributed by atoms with Gasteiger partial charge in [-0.1, -0.05) is 26.8 Å². The van der Waals surface area contributed by atoms with Crippen LogP contribution in [0.3, 0.4) is 0 Å². The van der Waals surface area contributed by atoms with Gasteiger partial charge in [-0.05, 0) is 25.5 Å². The molecule has 2 amide bonds. The maximum Gasteiger partial charge on any atom is 0.323 e. The highest BCUT2D eigenvalue weighted by Gasteiger charge is 2.42. The van der Waals surface area contributed by atoms with Crippen LogP contribution in [0, 0.1) is 5.41 Å². The van der Waals surface area contributed by atoms with E-state index in [0.717, 1.165) is 5.69 Å². The maximum absolute atomic E-state index is 12.7. The van der Waals surface area contributed by atoms with Crippen LogP contribution in [0.4, 0.5) is 10.6 Å². The Kier molecular flexibility index (Phi) is 4.67. The quantitative estimate of drug-likeness (QED) is 0.864. The van der Waals surface area contributed by atoms with Crippen LogP contribution in [0.5, 0.6) is 0 Å². The number of amides is 2. The summed E-state index contributed by atoms with van der Waals surface area (Å²) in [6, 6.07) is 6.97. The van der Waals surface area contributed by atoms with Gasteiger partial charge in [0.2, 0.25) is 0 Å². The highest BCUT2D eigenvalue weighted by Crippen LogP contribution is 2.31. The molecule has 1 fully saturated rings. The van der Waals surface area contributed by atoms with Gasteiger partial charge in [-0.25, -0.2) is 9.78 Å². The summed E-state index contributed by atoms with van der Waals surface area (Å²) in [5, 5.41) is 16.9. The molecule has 1 aliphatic rings. The van der Waals surface area contributed by atoms with Crippen molar-refractivity contribution in [2.24, 2.45) is 5.41 Å². The van der Waals surface area contributed by atoms with Crippen LogP contribution in [-0.4, -0.2) is 49.9 Å². The second-order valence-corrected chi connectivity index (χ2v) is 8.23. The van der Waals surface area contributed by atoms with E-state index in [9.17, 15) is 14.7 Å². The normalized spacial score (nSPS) is 19.9. The number of pyridine rings is 1. The topological polar surface area (TPSA) is 100 Å². The summed E-state index contributed by atoms with van der Waals surface area (Å²) in [7, 11) is 0. The van der Waals surface area contributed by atoms with Gasteiger partial charge in [0.15, 0.2) is 5.82 Å². The number of hydrogen-bond acceptors (Lipinski definition) is 4. The SMILES string of the molecule is CC1(C(=O)O)CCN(C(=O)Nc2cc(C(C)(C)C)nn2-c2ccccn2)C1. The summed E-state index contributed by atoms with van der Waals surface area (Å²) >= 11 is 0. The number of aliphatic carboxylic acids is 1. The largest absolute Gasteiger partial charge is 0.481 e. The average Bonchev–Trinajstić information content (AvgIpc) is 3.20. The maximum atomic E-state index is 12.7. The van der Waals surface area contributed by atoms with Gasteiger partial charge < -0.3 is 10.0 Å². The highest BCUT2D eigenvalue weighted by atomic mass is 16.4. The van der Waals surface area contributed by atoms with Crippen molar-refractivity contribution in [2.75, 3.05) is 18.4 Å². The molecule has 3 heterocycles. The summed E-state index contributed by atoms with van der Waals surface area (Å²) in [4.78, 5) is 30.0. The van der Waals surface area contributed by atoms with E-state index in [0.29, 0.717) is 24.6 Å². The third-order valence-electron chi connectivity index (χ3n) is 4.86. The highest BCUT2D eigenvalue weighted by molar-refractivity contribution is 5.90. The molecule has 3 rings (SSSR count). The zero-order chi connectivity index (χ0) is 19.8. The molecule has 27 heavy (non-hydrogen) atoms. The fourth-order valence-electron chi connectivity index (χ4n) is 2.99. The third kappa shape index (κ3) is 3.79. The van der Waals surface area contributed by atoms with E-state index < -0.39 is 11.4 Å². The molecule has 1 saturated heterocycles. The molecule has 8 nitrogen and oxygen atoms in total. The number of urea groups is 1. The van der Waals surface area contributed by atoms with Gasteiger partial charge >= 0.3 is 12.0 Å². The van der Waals surface area contributed by atoms with Crippen molar-refractivity contribution < 1.29 is 14.7 Å². The molecule has 1 aliphatic heterocycles. The van der Waals surface area contributed by atoms with E-state index in [2.05, 4.69) is 15.4 Å². The van der Waals surface area contributed by atoms with E-state index >= 15 is 0 Å². The third-order valence-corrected chi connectivity index (χ3v) is 4.86. The minimum absolute atomic E-state index is 0.179. The number of likely N-dealkylation sites (tertiary alicyclic amines) is 1. The Morgan fingerprint density at radius 2 is 2.04 bits per heavy atom. The molecule has 1 atom stereocenters. The molecule has 144 valence electrons. The number of rotatable bonds is 3. The standard InChI is InChI=1S/C19H25N5O3/c1-18(2,3)13-11-15(24(22-13)14-7-5-6-9-20-14)21-17(27)23-10-8-19(4,12-23)16(25)26/h5-7,9,11H,8,10,12H2,1-4H3,(H,21,27)(H,25,26). The minimum atomic E-state index is -0.908. The fourth-order valence-corrected chi connectivity index (χ4v) is 2.99. The van der Waals surface area contributed by atoms with Crippen LogP contribution in [0.15, 0.2) is 30.5 Å². The number of carbonyl (C=O) groups excluding carboxylic acids is 1. The van der Waals surface area contributed by atoms with Gasteiger partial charge in [0.25, 0.3) is 0 Å². The average molecular weight is 371 g/mol. The van der Waals surface area contributed by atoms with Crippen molar-refractivity contribution in [1.29, 1.82) is 0 Å². The fraction of sp³-hybridized carbons (Fsp3) is 0.474. The Morgan fingerprint density at radius 1 is 1.30 bits per heavy atom. The van der Waals surface area contributed by atoms with Crippen molar-refractivity contribution in [3.8, 4) is 5.82 Å². The predicted molar refractivity (Wildman–Crippen MR) is 101 cm³/mol. The Balaban J connectivity index is 1.87. The van der Waals surface area contributed by atoms with Gasteiger partial charge in [0, 0.05) is 30.8 Å². The van der Waals surface area contributed by atoms with Crippen LogP contribution < -0.4 is 5.32 Å². The molecular weight excluding hydrogens is 346 g/mol. The van der Waals surface area contributed by atoms with Gasteiger partial charge in [0.1, 0.15) is 5.82 Å². The summed E-state index contributed by atoms with van der Waals surface area (Å²) < 4.78 is 1.60. The molecule has 2 N–H and O–H groups in total. The lowest BCUT2D eigenvalue weighted by Gasteiger charge is -2.20. The minimum Gasteiger partial charge on any atom is -0.481 e. The number of aromatic nitrogens is 3. The first-order valence-corrected chi connectivity index (χ1v) is 8.91. The Morgan fingerprint density at radius 3 is 2.59 bits per heavy atom. The smallest absolute Gasteiger partial charge is 0.323 e. The Bertz CT molecular complexity index is 856. The van der Waals surface area contributed by atoms with Crippen molar-refractivity contribution in [3.05, 3.63) is 36.2 Å². The lowest BCUT2D eigenvalue weighted by molar-refractivity contribution is -0.146. The summed E-state index contributed by atoms with van der Waals surface area (Å²) in [5.74, 6) is 0.221. The molecular formula is C19H25N5O3. The first-order valence-electron chi connectivity index (χ1n) is 8.91. The van der Waals surface area contributed by atoms with E-state index in [1.54, 1.807) is 17.8 Å². The van der Waals surface area contributed by atoms with Gasteiger partial charge in [-0.3, -0.25) is 10.1 Å². The molecule has 0 aliphatic carbocycles. The summed E-state index contributed by atoms with van der Waals surface area (Å²) in [6.45, 7) is 8.38. The van der Waals surface area contributed by atoms with Crippen LogP contribution >= 0.6 is 0 Å². The van der Waals surface area contributed by atoms with Crippen LogP contribution in [0.1, 0.15) is 39.8 Å². The number of carbonyl (C=O) groups is 2. The van der Waals surface area contributed by atoms with E-state index in [1.807, 2.05) is 45.0 Å². The number of hydrogen-bond donors (Lipinski definition) is 2. The number of anilines is 1. The first-order chi connectivity index (χ1) is 12.6. The molecule has 0 bridgehead atoms. The monoisotopic (exact) mass is 371 g/mol. The van der Waals surface area contributed by atoms with Gasteiger partial charge in [0.05, 0.1) is 11.1 Å². The molecule has 2 aromatic rings. The first kappa shape index (κ1) is 18.9. The molecule has 0 radical (unpaired) electrons. The molecule has 0 saturated carbocycles. The zero-order valence-electron chi connectivity index (χ0n) is 16.1. The van der Waals surface area contributed by atoms with Crippen LogP contribution in [0.2, 0.25) is 0 Å².